The molecule has 1 aliphatic carbocycles. The first-order chi connectivity index (χ1) is 29.3. The van der Waals surface area contributed by atoms with Crippen LogP contribution in [-0.2, 0) is 30.2 Å². The van der Waals surface area contributed by atoms with Gasteiger partial charge < -0.3 is 30.3 Å². The number of methoxy groups -OCH3 is 1. The van der Waals surface area contributed by atoms with Crippen LogP contribution in [0.25, 0.3) is 22.2 Å². The average molecular weight is 855 g/mol. The van der Waals surface area contributed by atoms with Gasteiger partial charge in [0.25, 0.3) is 5.91 Å². The standard InChI is InChI=1S/C46H58N6O8S/c1-5-15-37(43(53)51-61(57,58)29-32-18-11-7-12-19-32)49-44(54)40-25-35(28-52(40)46(56)50-42(30(2)3)45(55)47-27-31-16-9-6-10-17-31)60-41-26-38(33-20-13-8-14-21-33)48-39-24-34(59-4)22-23-36(39)41/h7-8,11-14,18-24,26,30-31,35,37,40,42H,5-6,9-10,15-17,25,27-29H2,1-4H3,(H,47,55)(H,49,54)(H,50,56)(H,51,53)/t35?,37-,40-,42-/m0/s1. The first-order valence-electron chi connectivity index (χ1n) is 21.3. The lowest BCUT2D eigenvalue weighted by Gasteiger charge is -2.29. The number of nitrogens with zero attached hydrogens (tertiary/aromatic N) is 2. The largest absolute Gasteiger partial charge is 0.497 e. The summed E-state index contributed by atoms with van der Waals surface area (Å²) in [5.74, 6) is -1.06. The molecule has 4 atom stereocenters. The number of aromatic nitrogens is 1. The molecule has 4 N–H and O–H groups in total. The quantitative estimate of drug-likeness (QED) is 0.0976. The van der Waals surface area contributed by atoms with Crippen LogP contribution in [-0.4, -0.2) is 86.5 Å². The summed E-state index contributed by atoms with van der Waals surface area (Å²) in [6.45, 7) is 6.00. The van der Waals surface area contributed by atoms with E-state index in [0.717, 1.165) is 31.2 Å². The monoisotopic (exact) mass is 854 g/mol. The highest BCUT2D eigenvalue weighted by atomic mass is 32.2. The summed E-state index contributed by atoms with van der Waals surface area (Å²) in [5, 5.41) is 9.39. The molecule has 2 heterocycles. The molecule has 1 aromatic heterocycles. The molecule has 1 saturated carbocycles. The van der Waals surface area contributed by atoms with Crippen molar-refractivity contribution in [1.82, 2.24) is 30.6 Å². The number of carbonyl (C=O) groups excluding carboxylic acids is 4. The second kappa shape index (κ2) is 20.7. The molecule has 15 heteroatoms. The fraction of sp³-hybridized carbons (Fsp3) is 0.457. The average Bonchev–Trinajstić information content (AvgIpc) is 3.68. The number of hydrogen-bond donors (Lipinski definition) is 4. The molecule has 326 valence electrons. The maximum atomic E-state index is 14.3. The first kappa shape index (κ1) is 44.8. The molecule has 1 aliphatic heterocycles. The van der Waals surface area contributed by atoms with E-state index in [1.54, 1.807) is 43.5 Å². The first-order valence-corrected chi connectivity index (χ1v) is 22.9. The van der Waals surface area contributed by atoms with Crippen molar-refractivity contribution in [3.05, 3.63) is 90.5 Å². The molecule has 1 saturated heterocycles. The Hall–Kier alpha value is -5.70. The molecule has 14 nitrogen and oxygen atoms in total. The number of fused-ring (bicyclic) bond motifs is 1. The van der Waals surface area contributed by atoms with Crippen molar-refractivity contribution in [2.45, 2.75) is 102 Å². The van der Waals surface area contributed by atoms with Gasteiger partial charge in [0.2, 0.25) is 21.8 Å². The lowest BCUT2D eigenvalue weighted by molar-refractivity contribution is -0.130. The zero-order chi connectivity index (χ0) is 43.5. The Balaban J connectivity index is 1.26. The van der Waals surface area contributed by atoms with Crippen LogP contribution in [0.4, 0.5) is 4.79 Å². The lowest BCUT2D eigenvalue weighted by Crippen LogP contribution is -2.58. The van der Waals surface area contributed by atoms with Crippen LogP contribution in [0.3, 0.4) is 0 Å². The summed E-state index contributed by atoms with van der Waals surface area (Å²) in [6.07, 6.45) is 5.48. The highest BCUT2D eigenvalue weighted by molar-refractivity contribution is 7.89. The SMILES string of the molecule is CCC[C@H](NC(=O)[C@@H]1CC(Oc2cc(-c3ccccc3)nc3cc(OC)ccc23)CN1C(=O)N[C@H](C(=O)NCC1CCCCC1)C(C)C)C(=O)NS(=O)(=O)Cc1ccccc1. The van der Waals surface area contributed by atoms with Crippen LogP contribution in [0, 0.1) is 11.8 Å². The number of hydrogen-bond acceptors (Lipinski definition) is 9. The molecule has 3 aromatic carbocycles. The van der Waals surface area contributed by atoms with Gasteiger partial charge >= 0.3 is 6.03 Å². The molecule has 1 unspecified atom stereocenters. The second-order valence-corrected chi connectivity index (χ2v) is 18.1. The number of benzene rings is 3. The summed E-state index contributed by atoms with van der Waals surface area (Å²) >= 11 is 0. The zero-order valence-corrected chi connectivity index (χ0v) is 36.2. The number of likely N-dealkylation sites (tertiary alicyclic amines) is 1. The van der Waals surface area contributed by atoms with E-state index in [2.05, 4.69) is 20.7 Å². The van der Waals surface area contributed by atoms with Crippen LogP contribution >= 0.6 is 0 Å². The Bertz CT molecular complexity index is 2250. The smallest absolute Gasteiger partial charge is 0.318 e. The lowest BCUT2D eigenvalue weighted by atomic mass is 9.89. The minimum absolute atomic E-state index is 0.0326. The van der Waals surface area contributed by atoms with Crippen molar-refractivity contribution < 1.29 is 37.1 Å². The third-order valence-electron chi connectivity index (χ3n) is 11.4. The fourth-order valence-electron chi connectivity index (χ4n) is 8.07. The molecule has 0 bridgehead atoms. The van der Waals surface area contributed by atoms with E-state index in [4.69, 9.17) is 14.5 Å². The summed E-state index contributed by atoms with van der Waals surface area (Å²) in [4.78, 5) is 62.0. The predicted octanol–water partition coefficient (Wildman–Crippen LogP) is 6.09. The van der Waals surface area contributed by atoms with Crippen molar-refractivity contribution in [1.29, 1.82) is 0 Å². The van der Waals surface area contributed by atoms with Gasteiger partial charge in [-0.25, -0.2) is 18.2 Å². The van der Waals surface area contributed by atoms with E-state index in [0.29, 0.717) is 52.5 Å². The van der Waals surface area contributed by atoms with Crippen molar-refractivity contribution in [2.24, 2.45) is 11.8 Å². The molecule has 2 fully saturated rings. The van der Waals surface area contributed by atoms with Gasteiger partial charge in [0.05, 0.1) is 30.6 Å². The molecule has 0 radical (unpaired) electrons. The second-order valence-electron chi connectivity index (χ2n) is 16.4. The highest BCUT2D eigenvalue weighted by Gasteiger charge is 2.43. The van der Waals surface area contributed by atoms with Crippen LogP contribution in [0.1, 0.15) is 77.7 Å². The van der Waals surface area contributed by atoms with Gasteiger partial charge in [0.1, 0.15) is 35.7 Å². The van der Waals surface area contributed by atoms with Crippen LogP contribution < -0.4 is 30.1 Å². The minimum Gasteiger partial charge on any atom is -0.497 e. The molecular formula is C46H58N6O8S. The maximum Gasteiger partial charge on any atom is 0.318 e. The van der Waals surface area contributed by atoms with Gasteiger partial charge in [-0.2, -0.15) is 0 Å². The van der Waals surface area contributed by atoms with Gasteiger partial charge in [0, 0.05) is 36.0 Å². The third kappa shape index (κ3) is 12.0. The summed E-state index contributed by atoms with van der Waals surface area (Å²) in [7, 11) is -2.53. The van der Waals surface area contributed by atoms with Crippen molar-refractivity contribution in [3.8, 4) is 22.8 Å². The number of nitrogens with one attached hydrogen (secondary N) is 4. The van der Waals surface area contributed by atoms with Crippen molar-refractivity contribution in [2.75, 3.05) is 20.2 Å². The Kier molecular flexibility index (Phi) is 15.2. The molecule has 61 heavy (non-hydrogen) atoms. The zero-order valence-electron chi connectivity index (χ0n) is 35.4. The molecule has 4 aromatic rings. The Labute approximate surface area is 358 Å². The molecular weight excluding hydrogens is 797 g/mol. The van der Waals surface area contributed by atoms with Crippen LogP contribution in [0.5, 0.6) is 11.5 Å². The van der Waals surface area contributed by atoms with Gasteiger partial charge in [-0.1, -0.05) is 107 Å². The predicted molar refractivity (Wildman–Crippen MR) is 234 cm³/mol. The normalized spacial score (nSPS) is 18.0. The Morgan fingerprint density at radius 1 is 0.885 bits per heavy atom. The van der Waals surface area contributed by atoms with Crippen molar-refractivity contribution in [3.63, 3.8) is 0 Å². The topological polar surface area (TPSA) is 185 Å². The van der Waals surface area contributed by atoms with E-state index in [-0.39, 0.29) is 31.2 Å². The Morgan fingerprint density at radius 2 is 1.59 bits per heavy atom. The number of pyridine rings is 1. The molecule has 6 rings (SSSR count). The van der Waals surface area contributed by atoms with Gasteiger partial charge in [0.15, 0.2) is 0 Å². The number of carbonyl (C=O) groups is 4. The summed E-state index contributed by atoms with van der Waals surface area (Å²) in [5.41, 5.74) is 2.62. The molecule has 5 amide bonds. The number of ether oxygens (including phenoxy) is 2. The van der Waals surface area contributed by atoms with Crippen LogP contribution in [0.2, 0.25) is 0 Å². The summed E-state index contributed by atoms with van der Waals surface area (Å²) < 4.78 is 40.4. The van der Waals surface area contributed by atoms with E-state index in [9.17, 15) is 27.6 Å². The Morgan fingerprint density at radius 3 is 2.26 bits per heavy atom. The fourth-order valence-corrected chi connectivity index (χ4v) is 9.22. The van der Waals surface area contributed by atoms with E-state index in [1.807, 2.05) is 69.3 Å². The number of amides is 5. The highest BCUT2D eigenvalue weighted by Crippen LogP contribution is 2.35. The van der Waals surface area contributed by atoms with E-state index >= 15 is 0 Å². The van der Waals surface area contributed by atoms with Gasteiger partial charge in [-0.05, 0) is 48.8 Å². The molecule has 0 spiro atoms. The summed E-state index contributed by atoms with van der Waals surface area (Å²) in [6, 6.07) is 21.5. The molecule has 2 aliphatic rings. The van der Waals surface area contributed by atoms with E-state index < -0.39 is 57.9 Å². The minimum atomic E-state index is -4.10. The van der Waals surface area contributed by atoms with Gasteiger partial charge in [-0.3, -0.25) is 19.1 Å². The number of urea groups is 1. The van der Waals surface area contributed by atoms with Crippen molar-refractivity contribution >= 4 is 44.7 Å². The third-order valence-corrected chi connectivity index (χ3v) is 12.6. The van der Waals surface area contributed by atoms with Crippen LogP contribution in [0.15, 0.2) is 84.9 Å². The number of sulfonamides is 1. The van der Waals surface area contributed by atoms with E-state index in [1.165, 1.54) is 11.3 Å². The number of rotatable bonds is 17. The van der Waals surface area contributed by atoms with Gasteiger partial charge in [-0.15, -0.1) is 0 Å². The maximum absolute atomic E-state index is 14.3.